The predicted octanol–water partition coefficient (Wildman–Crippen LogP) is 1.33. The highest BCUT2D eigenvalue weighted by atomic mass is 14.9. The van der Waals surface area contributed by atoms with Gasteiger partial charge in [0.2, 0.25) is 0 Å². The molecule has 0 fully saturated rings. The minimum atomic E-state index is 0.836. The van der Waals surface area contributed by atoms with Gasteiger partial charge in [0.15, 0.2) is 0 Å². The molecule has 58 valence electrons. The summed E-state index contributed by atoms with van der Waals surface area (Å²) in [5.74, 6) is 5.81. The van der Waals surface area contributed by atoms with Gasteiger partial charge in [-0.15, -0.1) is 5.92 Å². The van der Waals surface area contributed by atoms with Gasteiger partial charge in [0, 0.05) is 12.4 Å². The second-order valence-electron chi connectivity index (χ2n) is 2.36. The largest absolute Gasteiger partial charge is 0.345 e. The van der Waals surface area contributed by atoms with Gasteiger partial charge in [-0.05, 0) is 6.92 Å². The van der Waals surface area contributed by atoms with E-state index in [-0.39, 0.29) is 0 Å². The van der Waals surface area contributed by atoms with Crippen molar-refractivity contribution in [1.29, 1.82) is 0 Å². The fourth-order valence-corrected chi connectivity index (χ4v) is 1.10. The molecule has 2 aromatic heterocycles. The predicted molar refractivity (Wildman–Crippen MR) is 46.4 cm³/mol. The van der Waals surface area contributed by atoms with Crippen molar-refractivity contribution in [2.45, 2.75) is 6.92 Å². The van der Waals surface area contributed by atoms with E-state index < -0.39 is 0 Å². The van der Waals surface area contributed by atoms with Crippen LogP contribution >= 0.6 is 0 Å². The smallest absolute Gasteiger partial charge is 0.141 e. The van der Waals surface area contributed by atoms with Crippen LogP contribution in [0.2, 0.25) is 0 Å². The molecule has 1 N–H and O–H groups in total. The number of aromatic amines is 1. The third-order valence-electron chi connectivity index (χ3n) is 1.62. The van der Waals surface area contributed by atoms with Crippen molar-refractivity contribution in [1.82, 2.24) is 15.0 Å². The Hall–Kier alpha value is -1.82. The number of nitrogens with zero attached hydrogens (tertiary/aromatic N) is 2. The summed E-state index contributed by atoms with van der Waals surface area (Å²) in [5, 5.41) is 0.979. The number of fused-ring (bicyclic) bond motifs is 1. The van der Waals surface area contributed by atoms with Gasteiger partial charge in [-0.3, -0.25) is 0 Å². The zero-order valence-electron chi connectivity index (χ0n) is 6.63. The Bertz CT molecular complexity index is 459. The Morgan fingerprint density at radius 3 is 3.25 bits per heavy atom. The highest BCUT2D eigenvalue weighted by Crippen LogP contribution is 2.12. The molecule has 3 heteroatoms. The highest BCUT2D eigenvalue weighted by molar-refractivity contribution is 5.81. The van der Waals surface area contributed by atoms with Crippen LogP contribution in [0.3, 0.4) is 0 Å². The van der Waals surface area contributed by atoms with Gasteiger partial charge in [0.05, 0.1) is 10.9 Å². The van der Waals surface area contributed by atoms with Crippen LogP contribution in [0.4, 0.5) is 0 Å². The molecular formula is C9H7N3. The van der Waals surface area contributed by atoms with Crippen LogP contribution in [0, 0.1) is 11.8 Å². The Labute approximate surface area is 69.9 Å². The van der Waals surface area contributed by atoms with Crippen LogP contribution in [0.5, 0.6) is 0 Å². The lowest BCUT2D eigenvalue weighted by Crippen LogP contribution is -1.77. The van der Waals surface area contributed by atoms with Crippen molar-refractivity contribution >= 4 is 11.0 Å². The molecule has 0 saturated carbocycles. The molecule has 0 spiro atoms. The van der Waals surface area contributed by atoms with Crippen LogP contribution in [-0.4, -0.2) is 15.0 Å². The normalized spacial score (nSPS) is 9.42. The molecule has 0 saturated heterocycles. The second kappa shape index (κ2) is 2.67. The molecule has 0 atom stereocenters. The van der Waals surface area contributed by atoms with Gasteiger partial charge in [-0.1, -0.05) is 5.92 Å². The maximum absolute atomic E-state index is 4.05. The van der Waals surface area contributed by atoms with Crippen LogP contribution in [0.25, 0.3) is 11.0 Å². The van der Waals surface area contributed by atoms with Gasteiger partial charge >= 0.3 is 0 Å². The third kappa shape index (κ3) is 0.940. The minimum absolute atomic E-state index is 0.836. The second-order valence-corrected chi connectivity index (χ2v) is 2.36. The summed E-state index contributed by atoms with van der Waals surface area (Å²) in [6, 6.07) is 0. The van der Waals surface area contributed by atoms with E-state index in [4.69, 9.17) is 0 Å². The molecule has 0 aromatic carbocycles. The molecule has 0 radical (unpaired) electrons. The number of aromatic nitrogens is 3. The Kier molecular flexibility index (Phi) is 1.52. The Morgan fingerprint density at radius 1 is 1.50 bits per heavy atom. The lowest BCUT2D eigenvalue weighted by Gasteiger charge is -1.85. The molecular weight excluding hydrogens is 150 g/mol. The molecule has 0 aliphatic carbocycles. The molecule has 2 rings (SSSR count). The Balaban J connectivity index is 2.76. The van der Waals surface area contributed by atoms with Gasteiger partial charge < -0.3 is 4.98 Å². The summed E-state index contributed by atoms with van der Waals surface area (Å²) in [6.07, 6.45) is 5.12. The van der Waals surface area contributed by atoms with Crippen LogP contribution < -0.4 is 0 Å². The van der Waals surface area contributed by atoms with E-state index in [2.05, 4.69) is 26.8 Å². The molecule has 2 aromatic rings. The molecule has 0 aliphatic rings. The summed E-state index contributed by atoms with van der Waals surface area (Å²) in [5.41, 5.74) is 1.79. The lowest BCUT2D eigenvalue weighted by molar-refractivity contribution is 1.20. The van der Waals surface area contributed by atoms with Crippen molar-refractivity contribution in [3.63, 3.8) is 0 Å². The number of hydrogen-bond acceptors (Lipinski definition) is 2. The molecule has 0 bridgehead atoms. The zero-order valence-corrected chi connectivity index (χ0v) is 6.63. The van der Waals surface area contributed by atoms with Crippen LogP contribution in [0.1, 0.15) is 12.5 Å². The van der Waals surface area contributed by atoms with E-state index in [9.17, 15) is 0 Å². The average Bonchev–Trinajstić information content (AvgIpc) is 2.50. The Morgan fingerprint density at radius 2 is 2.42 bits per heavy atom. The number of rotatable bonds is 0. The molecule has 2 heterocycles. The standard InChI is InChI=1S/C9H7N3/c1-2-3-7-4-11-9-8(7)5-10-6-12-9/h4-6H,1H3,(H,10,11,12). The summed E-state index contributed by atoms with van der Waals surface area (Å²) in [7, 11) is 0. The maximum Gasteiger partial charge on any atom is 0.141 e. The van der Waals surface area contributed by atoms with E-state index in [1.165, 1.54) is 6.33 Å². The first-order valence-corrected chi connectivity index (χ1v) is 3.61. The first kappa shape index (κ1) is 6.86. The van der Waals surface area contributed by atoms with E-state index in [0.29, 0.717) is 0 Å². The topological polar surface area (TPSA) is 41.6 Å². The molecule has 0 amide bonds. The molecule has 0 aliphatic heterocycles. The number of H-pyrrole nitrogens is 1. The van der Waals surface area contributed by atoms with Crippen molar-refractivity contribution in [2.75, 3.05) is 0 Å². The van der Waals surface area contributed by atoms with Crippen molar-refractivity contribution < 1.29 is 0 Å². The first-order chi connectivity index (χ1) is 5.92. The third-order valence-corrected chi connectivity index (χ3v) is 1.62. The monoisotopic (exact) mass is 157 g/mol. The SMILES string of the molecule is CC#Cc1c[nH]c2ncncc12. The first-order valence-electron chi connectivity index (χ1n) is 3.61. The number of hydrogen-bond donors (Lipinski definition) is 1. The summed E-state index contributed by atoms with van der Waals surface area (Å²) < 4.78 is 0. The lowest BCUT2D eigenvalue weighted by atomic mass is 10.2. The van der Waals surface area contributed by atoms with E-state index in [1.807, 2.05) is 13.1 Å². The van der Waals surface area contributed by atoms with Crippen molar-refractivity contribution in [3.05, 3.63) is 24.3 Å². The maximum atomic E-state index is 4.05. The van der Waals surface area contributed by atoms with Crippen molar-refractivity contribution in [2.24, 2.45) is 0 Å². The summed E-state index contributed by atoms with van der Waals surface area (Å²) in [6.45, 7) is 1.81. The molecule has 12 heavy (non-hydrogen) atoms. The average molecular weight is 157 g/mol. The van der Waals surface area contributed by atoms with E-state index in [1.54, 1.807) is 6.20 Å². The van der Waals surface area contributed by atoms with E-state index >= 15 is 0 Å². The summed E-state index contributed by atoms with van der Waals surface area (Å²) >= 11 is 0. The minimum Gasteiger partial charge on any atom is -0.345 e. The quantitative estimate of drug-likeness (QED) is 0.586. The molecule has 3 nitrogen and oxygen atoms in total. The van der Waals surface area contributed by atoms with Crippen LogP contribution in [0.15, 0.2) is 18.7 Å². The molecule has 0 unspecified atom stereocenters. The van der Waals surface area contributed by atoms with Crippen molar-refractivity contribution in [3.8, 4) is 11.8 Å². The zero-order chi connectivity index (χ0) is 8.39. The van der Waals surface area contributed by atoms with Gasteiger partial charge in [-0.2, -0.15) is 0 Å². The van der Waals surface area contributed by atoms with Gasteiger partial charge in [0.1, 0.15) is 12.0 Å². The summed E-state index contributed by atoms with van der Waals surface area (Å²) in [4.78, 5) is 11.0. The fraction of sp³-hybridized carbons (Fsp3) is 0.111. The number of nitrogens with one attached hydrogen (secondary N) is 1. The van der Waals surface area contributed by atoms with E-state index in [0.717, 1.165) is 16.6 Å². The van der Waals surface area contributed by atoms with Gasteiger partial charge in [0.25, 0.3) is 0 Å². The highest BCUT2D eigenvalue weighted by Gasteiger charge is 1.99. The van der Waals surface area contributed by atoms with Gasteiger partial charge in [-0.25, -0.2) is 9.97 Å². The fourth-order valence-electron chi connectivity index (χ4n) is 1.10. The van der Waals surface area contributed by atoms with Crippen LogP contribution in [-0.2, 0) is 0 Å².